The van der Waals surface area contributed by atoms with Crippen LogP contribution < -0.4 is 10.1 Å². The molecule has 0 aliphatic rings. The monoisotopic (exact) mass is 249 g/mol. The molecule has 2 aromatic heterocycles. The van der Waals surface area contributed by atoms with E-state index in [4.69, 9.17) is 9.15 Å². The number of furan rings is 1. The fourth-order valence-electron chi connectivity index (χ4n) is 1.65. The summed E-state index contributed by atoms with van der Waals surface area (Å²) in [4.78, 5) is 0. The summed E-state index contributed by atoms with van der Waals surface area (Å²) in [5.74, 6) is 1.63. The van der Waals surface area contributed by atoms with Crippen molar-refractivity contribution in [3.63, 3.8) is 0 Å². The lowest BCUT2D eigenvalue weighted by Gasteiger charge is -2.04. The summed E-state index contributed by atoms with van der Waals surface area (Å²) >= 11 is 0. The average Bonchev–Trinajstić information content (AvgIpc) is 3.02. The standard InChI is InChI=1S/C13H19N3O2/c1-3-14-7-11-5-6-17-13(11)10-18-12-8-15-16(4-2)9-12/h5-6,8-9,14H,3-4,7,10H2,1-2H3. The van der Waals surface area contributed by atoms with Crippen molar-refractivity contribution < 1.29 is 9.15 Å². The summed E-state index contributed by atoms with van der Waals surface area (Å²) in [5, 5.41) is 7.43. The van der Waals surface area contributed by atoms with E-state index in [1.807, 2.05) is 23.9 Å². The highest BCUT2D eigenvalue weighted by atomic mass is 16.5. The third-order valence-electron chi connectivity index (χ3n) is 2.71. The Morgan fingerprint density at radius 2 is 2.33 bits per heavy atom. The molecule has 18 heavy (non-hydrogen) atoms. The highest BCUT2D eigenvalue weighted by Gasteiger charge is 2.07. The van der Waals surface area contributed by atoms with Gasteiger partial charge in [0.05, 0.1) is 18.7 Å². The molecule has 2 aromatic rings. The van der Waals surface area contributed by atoms with Gasteiger partial charge in [-0.15, -0.1) is 0 Å². The number of hydrogen-bond donors (Lipinski definition) is 1. The molecule has 5 heteroatoms. The molecular weight excluding hydrogens is 230 g/mol. The van der Waals surface area contributed by atoms with Gasteiger partial charge in [0.25, 0.3) is 0 Å². The zero-order valence-corrected chi connectivity index (χ0v) is 10.8. The molecule has 5 nitrogen and oxygen atoms in total. The predicted molar refractivity (Wildman–Crippen MR) is 68.3 cm³/mol. The minimum atomic E-state index is 0.434. The summed E-state index contributed by atoms with van der Waals surface area (Å²) in [5.41, 5.74) is 1.14. The molecule has 1 N–H and O–H groups in total. The Bertz CT molecular complexity index is 476. The highest BCUT2D eigenvalue weighted by Crippen LogP contribution is 2.15. The van der Waals surface area contributed by atoms with Gasteiger partial charge < -0.3 is 14.5 Å². The molecule has 0 saturated carbocycles. The Balaban J connectivity index is 1.91. The van der Waals surface area contributed by atoms with E-state index in [0.717, 1.165) is 36.7 Å². The molecule has 0 spiro atoms. The fourth-order valence-corrected chi connectivity index (χ4v) is 1.65. The van der Waals surface area contributed by atoms with Crippen LogP contribution in [0.15, 0.2) is 29.1 Å². The summed E-state index contributed by atoms with van der Waals surface area (Å²) in [6.45, 7) is 7.14. The van der Waals surface area contributed by atoms with Crippen molar-refractivity contribution in [1.29, 1.82) is 0 Å². The van der Waals surface area contributed by atoms with E-state index >= 15 is 0 Å². The Kier molecular flexibility index (Phi) is 4.41. The molecule has 0 unspecified atom stereocenters. The Morgan fingerprint density at radius 1 is 1.44 bits per heavy atom. The van der Waals surface area contributed by atoms with Crippen LogP contribution in [0.5, 0.6) is 5.75 Å². The minimum Gasteiger partial charge on any atom is -0.482 e. The number of aromatic nitrogens is 2. The lowest BCUT2D eigenvalue weighted by molar-refractivity contribution is 0.268. The molecule has 0 radical (unpaired) electrons. The second-order valence-corrected chi connectivity index (χ2v) is 3.97. The molecule has 0 bridgehead atoms. The minimum absolute atomic E-state index is 0.434. The normalized spacial score (nSPS) is 10.8. The van der Waals surface area contributed by atoms with Gasteiger partial charge in [0.2, 0.25) is 0 Å². The third-order valence-corrected chi connectivity index (χ3v) is 2.71. The first-order chi connectivity index (χ1) is 8.83. The maximum absolute atomic E-state index is 5.65. The lowest BCUT2D eigenvalue weighted by atomic mass is 10.2. The van der Waals surface area contributed by atoms with Gasteiger partial charge in [-0.3, -0.25) is 4.68 Å². The van der Waals surface area contributed by atoms with Gasteiger partial charge in [-0.05, 0) is 19.5 Å². The maximum Gasteiger partial charge on any atom is 0.157 e. The van der Waals surface area contributed by atoms with Crippen LogP contribution in [-0.2, 0) is 19.7 Å². The van der Waals surface area contributed by atoms with Crippen LogP contribution >= 0.6 is 0 Å². The van der Waals surface area contributed by atoms with Crippen molar-refractivity contribution >= 4 is 0 Å². The van der Waals surface area contributed by atoms with E-state index in [1.54, 1.807) is 12.5 Å². The second kappa shape index (κ2) is 6.26. The maximum atomic E-state index is 5.65. The molecule has 0 amide bonds. The second-order valence-electron chi connectivity index (χ2n) is 3.97. The summed E-state index contributed by atoms with van der Waals surface area (Å²) in [7, 11) is 0. The van der Waals surface area contributed by atoms with Crippen LogP contribution in [-0.4, -0.2) is 16.3 Å². The van der Waals surface area contributed by atoms with Gasteiger partial charge in [-0.2, -0.15) is 5.10 Å². The largest absolute Gasteiger partial charge is 0.482 e. The first-order valence-corrected chi connectivity index (χ1v) is 6.24. The molecule has 0 atom stereocenters. The van der Waals surface area contributed by atoms with Crippen molar-refractivity contribution in [2.75, 3.05) is 6.54 Å². The van der Waals surface area contributed by atoms with Crippen LogP contribution in [0, 0.1) is 0 Å². The molecule has 0 aliphatic carbocycles. The zero-order chi connectivity index (χ0) is 12.8. The average molecular weight is 249 g/mol. The van der Waals surface area contributed by atoms with Crippen molar-refractivity contribution in [3.8, 4) is 5.75 Å². The Labute approximate surface area is 107 Å². The molecular formula is C13H19N3O2. The summed E-state index contributed by atoms with van der Waals surface area (Å²) in [6, 6.07) is 1.97. The van der Waals surface area contributed by atoms with Crippen LogP contribution in [0.4, 0.5) is 0 Å². The van der Waals surface area contributed by atoms with Crippen LogP contribution in [0.3, 0.4) is 0 Å². The number of rotatable bonds is 7. The molecule has 0 saturated heterocycles. The molecule has 98 valence electrons. The quantitative estimate of drug-likeness (QED) is 0.817. The van der Waals surface area contributed by atoms with Gasteiger partial charge in [-0.1, -0.05) is 6.92 Å². The van der Waals surface area contributed by atoms with Crippen LogP contribution in [0.1, 0.15) is 25.2 Å². The lowest BCUT2D eigenvalue weighted by Crippen LogP contribution is -2.12. The highest BCUT2D eigenvalue weighted by molar-refractivity contribution is 5.18. The van der Waals surface area contributed by atoms with Gasteiger partial charge in [0, 0.05) is 18.7 Å². The fraction of sp³-hybridized carbons (Fsp3) is 0.462. The summed E-state index contributed by atoms with van der Waals surface area (Å²) in [6.07, 6.45) is 5.30. The van der Waals surface area contributed by atoms with Crippen molar-refractivity contribution in [2.45, 2.75) is 33.5 Å². The van der Waals surface area contributed by atoms with E-state index in [2.05, 4.69) is 17.3 Å². The van der Waals surface area contributed by atoms with Gasteiger partial charge >= 0.3 is 0 Å². The smallest absolute Gasteiger partial charge is 0.157 e. The van der Waals surface area contributed by atoms with E-state index < -0.39 is 0 Å². The number of nitrogens with one attached hydrogen (secondary N) is 1. The number of ether oxygens (including phenoxy) is 1. The molecule has 0 aromatic carbocycles. The van der Waals surface area contributed by atoms with Crippen LogP contribution in [0.25, 0.3) is 0 Å². The van der Waals surface area contributed by atoms with Gasteiger partial charge in [0.15, 0.2) is 5.75 Å². The van der Waals surface area contributed by atoms with E-state index in [1.165, 1.54) is 0 Å². The van der Waals surface area contributed by atoms with Gasteiger partial charge in [0.1, 0.15) is 12.4 Å². The molecule has 0 fully saturated rings. The van der Waals surface area contributed by atoms with Gasteiger partial charge in [-0.25, -0.2) is 0 Å². The van der Waals surface area contributed by atoms with Crippen LogP contribution in [0.2, 0.25) is 0 Å². The first-order valence-electron chi connectivity index (χ1n) is 6.24. The third kappa shape index (κ3) is 3.13. The number of hydrogen-bond acceptors (Lipinski definition) is 4. The zero-order valence-electron chi connectivity index (χ0n) is 10.8. The van der Waals surface area contributed by atoms with Crippen molar-refractivity contribution in [3.05, 3.63) is 36.0 Å². The molecule has 0 aliphatic heterocycles. The Hall–Kier alpha value is -1.75. The predicted octanol–water partition coefficient (Wildman–Crippen LogP) is 2.18. The Morgan fingerprint density at radius 3 is 3.06 bits per heavy atom. The topological polar surface area (TPSA) is 52.2 Å². The summed E-state index contributed by atoms with van der Waals surface area (Å²) < 4.78 is 12.9. The first kappa shape index (κ1) is 12.7. The number of aryl methyl sites for hydroxylation is 1. The number of nitrogens with zero attached hydrogens (tertiary/aromatic N) is 2. The molecule has 2 rings (SSSR count). The van der Waals surface area contributed by atoms with Crippen molar-refractivity contribution in [2.24, 2.45) is 0 Å². The SMILES string of the molecule is CCNCc1ccoc1COc1cnn(CC)c1. The molecule has 2 heterocycles. The van der Waals surface area contributed by atoms with E-state index in [0.29, 0.717) is 6.61 Å². The van der Waals surface area contributed by atoms with E-state index in [-0.39, 0.29) is 0 Å². The van der Waals surface area contributed by atoms with Crippen molar-refractivity contribution in [1.82, 2.24) is 15.1 Å². The van der Waals surface area contributed by atoms with E-state index in [9.17, 15) is 0 Å².